The minimum Gasteiger partial charge on any atom is -0.356 e. The maximum absolute atomic E-state index is 13.5. The summed E-state index contributed by atoms with van der Waals surface area (Å²) in [6.07, 6.45) is 0.394. The fourth-order valence-electron chi connectivity index (χ4n) is 2.19. The lowest BCUT2D eigenvalue weighted by molar-refractivity contribution is 0.583. The topological polar surface area (TPSA) is 36.4 Å². The maximum atomic E-state index is 13.5. The molecule has 0 aliphatic rings. The molecule has 1 aromatic carbocycles. The number of benzene rings is 1. The molecule has 0 aliphatic heterocycles. The number of halogens is 3. The van der Waals surface area contributed by atoms with E-state index in [-0.39, 0.29) is 29.8 Å². The van der Waals surface area contributed by atoms with Crippen molar-refractivity contribution in [2.24, 2.45) is 4.99 Å². The van der Waals surface area contributed by atoms with Gasteiger partial charge in [-0.3, -0.25) is 4.99 Å². The molecular formula is C17H22F2IN3S. The van der Waals surface area contributed by atoms with Crippen LogP contribution in [-0.4, -0.2) is 26.1 Å². The van der Waals surface area contributed by atoms with Gasteiger partial charge in [0.1, 0.15) is 11.6 Å². The van der Waals surface area contributed by atoms with Crippen molar-refractivity contribution in [1.29, 1.82) is 0 Å². The maximum Gasteiger partial charge on any atom is 0.191 e. The smallest absolute Gasteiger partial charge is 0.191 e. The van der Waals surface area contributed by atoms with E-state index in [0.717, 1.165) is 18.7 Å². The Labute approximate surface area is 162 Å². The van der Waals surface area contributed by atoms with Crippen LogP contribution in [0.4, 0.5) is 8.78 Å². The summed E-state index contributed by atoms with van der Waals surface area (Å²) in [6.45, 7) is 3.39. The molecule has 0 spiro atoms. The third-order valence-electron chi connectivity index (χ3n) is 3.52. The first-order valence-corrected chi connectivity index (χ1v) is 8.40. The van der Waals surface area contributed by atoms with Gasteiger partial charge in [0.05, 0.1) is 0 Å². The Morgan fingerprint density at radius 1 is 1.25 bits per heavy atom. The predicted octanol–water partition coefficient (Wildman–Crippen LogP) is 4.16. The Balaban J connectivity index is 0.00000288. The zero-order chi connectivity index (χ0) is 16.7. The van der Waals surface area contributed by atoms with E-state index in [2.05, 4.69) is 34.0 Å². The second-order valence-corrected chi connectivity index (χ2v) is 6.26. The number of nitrogens with one attached hydrogen (secondary N) is 2. The van der Waals surface area contributed by atoms with Crippen LogP contribution >= 0.6 is 35.3 Å². The molecule has 1 heterocycles. The summed E-state index contributed by atoms with van der Waals surface area (Å²) in [5, 5.41) is 8.43. The summed E-state index contributed by atoms with van der Waals surface area (Å²) >= 11 is 1.73. The van der Waals surface area contributed by atoms with E-state index >= 15 is 0 Å². The Hall–Kier alpha value is -1.22. The van der Waals surface area contributed by atoms with E-state index in [4.69, 9.17) is 0 Å². The van der Waals surface area contributed by atoms with Crippen LogP contribution in [0.1, 0.15) is 23.3 Å². The normalized spacial score (nSPS) is 12.4. The van der Waals surface area contributed by atoms with Crippen LogP contribution in [0.5, 0.6) is 0 Å². The minimum absolute atomic E-state index is 0. The quantitative estimate of drug-likeness (QED) is 0.382. The molecule has 0 saturated heterocycles. The van der Waals surface area contributed by atoms with Gasteiger partial charge >= 0.3 is 0 Å². The van der Waals surface area contributed by atoms with Crippen LogP contribution in [0.15, 0.2) is 40.7 Å². The minimum atomic E-state index is -0.423. The van der Waals surface area contributed by atoms with Crippen molar-refractivity contribution in [2.45, 2.75) is 19.3 Å². The molecule has 132 valence electrons. The summed E-state index contributed by atoms with van der Waals surface area (Å²) in [5.41, 5.74) is 0.361. The third kappa shape index (κ3) is 6.35. The number of hydrogen-bond acceptors (Lipinski definition) is 2. The Kier molecular flexibility index (Phi) is 9.20. The van der Waals surface area contributed by atoms with Crippen molar-refractivity contribution >= 4 is 41.3 Å². The van der Waals surface area contributed by atoms with Gasteiger partial charge in [0.15, 0.2) is 5.96 Å². The molecular weight excluding hydrogens is 443 g/mol. The standard InChI is InChI=1S/C17H21F2N3S.HI/c1-12(16-4-3-9-23-16)11-22-17(20-2)21-8-7-13-10-14(18)5-6-15(13)19;/h3-6,9-10,12H,7-8,11H2,1-2H3,(H2,20,21,22);1H. The van der Waals surface area contributed by atoms with E-state index in [1.54, 1.807) is 18.4 Å². The van der Waals surface area contributed by atoms with Gasteiger partial charge in [-0.15, -0.1) is 35.3 Å². The summed E-state index contributed by atoms with van der Waals surface area (Å²) in [6, 6.07) is 7.66. The Bertz CT molecular complexity index is 647. The number of rotatable bonds is 6. The molecule has 1 unspecified atom stereocenters. The summed E-state index contributed by atoms with van der Waals surface area (Å²) in [4.78, 5) is 5.46. The van der Waals surface area contributed by atoms with Crippen molar-refractivity contribution in [2.75, 3.05) is 20.1 Å². The summed E-state index contributed by atoms with van der Waals surface area (Å²) < 4.78 is 26.7. The monoisotopic (exact) mass is 465 g/mol. The Morgan fingerprint density at radius 2 is 2.04 bits per heavy atom. The number of hydrogen-bond donors (Lipinski definition) is 2. The van der Waals surface area contributed by atoms with E-state index in [9.17, 15) is 8.78 Å². The van der Waals surface area contributed by atoms with Gasteiger partial charge in [-0.1, -0.05) is 13.0 Å². The van der Waals surface area contributed by atoms with Gasteiger partial charge in [0.2, 0.25) is 0 Å². The van der Waals surface area contributed by atoms with E-state index in [0.29, 0.717) is 30.4 Å². The van der Waals surface area contributed by atoms with Gasteiger partial charge in [0, 0.05) is 30.9 Å². The lowest BCUT2D eigenvalue weighted by atomic mass is 10.1. The lowest BCUT2D eigenvalue weighted by Gasteiger charge is -2.15. The molecule has 2 N–H and O–H groups in total. The van der Waals surface area contributed by atoms with Crippen molar-refractivity contribution < 1.29 is 8.78 Å². The van der Waals surface area contributed by atoms with E-state index in [1.807, 2.05) is 6.07 Å². The van der Waals surface area contributed by atoms with Crippen LogP contribution in [-0.2, 0) is 6.42 Å². The number of nitrogens with zero attached hydrogens (tertiary/aromatic N) is 1. The van der Waals surface area contributed by atoms with Crippen LogP contribution in [0.2, 0.25) is 0 Å². The molecule has 0 saturated carbocycles. The largest absolute Gasteiger partial charge is 0.356 e. The average Bonchev–Trinajstić information content (AvgIpc) is 3.08. The highest BCUT2D eigenvalue weighted by Crippen LogP contribution is 2.19. The molecule has 0 radical (unpaired) electrons. The van der Waals surface area contributed by atoms with E-state index in [1.165, 1.54) is 10.9 Å². The third-order valence-corrected chi connectivity index (χ3v) is 4.63. The zero-order valence-corrected chi connectivity index (χ0v) is 16.8. The molecule has 2 aromatic rings. The van der Waals surface area contributed by atoms with E-state index < -0.39 is 5.82 Å². The van der Waals surface area contributed by atoms with Crippen LogP contribution in [0.25, 0.3) is 0 Å². The molecule has 1 aromatic heterocycles. The molecule has 24 heavy (non-hydrogen) atoms. The van der Waals surface area contributed by atoms with Crippen LogP contribution in [0, 0.1) is 11.6 Å². The summed E-state index contributed by atoms with van der Waals surface area (Å²) in [7, 11) is 1.69. The highest BCUT2D eigenvalue weighted by Gasteiger charge is 2.08. The van der Waals surface area contributed by atoms with Gasteiger partial charge < -0.3 is 10.6 Å². The van der Waals surface area contributed by atoms with Crippen molar-refractivity contribution in [3.05, 3.63) is 57.8 Å². The van der Waals surface area contributed by atoms with Gasteiger partial charge in [0.25, 0.3) is 0 Å². The van der Waals surface area contributed by atoms with Crippen molar-refractivity contribution in [1.82, 2.24) is 10.6 Å². The fourth-order valence-corrected chi connectivity index (χ4v) is 2.98. The predicted molar refractivity (Wildman–Crippen MR) is 108 cm³/mol. The molecule has 0 fully saturated rings. The number of thiophene rings is 1. The first kappa shape index (κ1) is 20.8. The molecule has 7 heteroatoms. The molecule has 3 nitrogen and oxygen atoms in total. The van der Waals surface area contributed by atoms with Gasteiger partial charge in [-0.25, -0.2) is 8.78 Å². The van der Waals surface area contributed by atoms with Gasteiger partial charge in [-0.2, -0.15) is 0 Å². The van der Waals surface area contributed by atoms with Crippen molar-refractivity contribution in [3.8, 4) is 0 Å². The van der Waals surface area contributed by atoms with Crippen LogP contribution < -0.4 is 10.6 Å². The molecule has 1 atom stereocenters. The number of aliphatic imine (C=N–C) groups is 1. The summed E-state index contributed by atoms with van der Waals surface area (Å²) in [5.74, 6) is 0.232. The molecule has 2 rings (SSSR count). The average molecular weight is 465 g/mol. The lowest BCUT2D eigenvalue weighted by Crippen LogP contribution is -2.39. The first-order chi connectivity index (χ1) is 11.1. The molecule has 0 amide bonds. The fraction of sp³-hybridized carbons (Fsp3) is 0.353. The zero-order valence-electron chi connectivity index (χ0n) is 13.7. The number of guanidine groups is 1. The molecule has 0 aliphatic carbocycles. The van der Waals surface area contributed by atoms with Crippen LogP contribution in [0.3, 0.4) is 0 Å². The second kappa shape index (κ2) is 10.6. The SMILES string of the molecule is CN=C(NCCc1cc(F)ccc1F)NCC(C)c1cccs1.I. The molecule has 0 bridgehead atoms. The van der Waals surface area contributed by atoms with Gasteiger partial charge in [-0.05, 0) is 41.6 Å². The highest BCUT2D eigenvalue weighted by molar-refractivity contribution is 14.0. The van der Waals surface area contributed by atoms with Crippen molar-refractivity contribution in [3.63, 3.8) is 0 Å². The second-order valence-electron chi connectivity index (χ2n) is 5.28. The highest BCUT2D eigenvalue weighted by atomic mass is 127. The first-order valence-electron chi connectivity index (χ1n) is 7.52. The Morgan fingerprint density at radius 3 is 2.71 bits per heavy atom.